The van der Waals surface area contributed by atoms with E-state index in [4.69, 9.17) is 5.26 Å². The molecule has 2 aromatic rings. The Hall–Kier alpha value is -2.41. The molecule has 3 nitrogen and oxygen atoms in total. The molecule has 18 heavy (non-hydrogen) atoms. The summed E-state index contributed by atoms with van der Waals surface area (Å²) in [6, 6.07) is 11.9. The highest BCUT2D eigenvalue weighted by molar-refractivity contribution is 5.41. The van der Waals surface area contributed by atoms with Crippen molar-refractivity contribution in [3.05, 3.63) is 59.5 Å². The lowest BCUT2D eigenvalue weighted by atomic mass is 10.2. The van der Waals surface area contributed by atoms with Gasteiger partial charge in [0.2, 0.25) is 0 Å². The summed E-state index contributed by atoms with van der Waals surface area (Å²) in [7, 11) is 1.90. The van der Waals surface area contributed by atoms with Gasteiger partial charge in [-0.15, -0.1) is 0 Å². The maximum absolute atomic E-state index is 12.8. The summed E-state index contributed by atoms with van der Waals surface area (Å²) in [5.41, 5.74) is 1.54. The standard InChI is InChI=1S/C14H12FN3/c1-18(10-11-2-5-13(15)6-3-11)14-7-4-12(8-16)9-17-14/h2-7,9H,10H2,1H3. The zero-order chi connectivity index (χ0) is 13.0. The third kappa shape index (κ3) is 2.83. The van der Waals surface area contributed by atoms with Crippen LogP contribution in [0.5, 0.6) is 0 Å². The molecule has 0 saturated carbocycles. The van der Waals surface area contributed by atoms with Gasteiger partial charge in [-0.05, 0) is 29.8 Å². The molecule has 0 aliphatic rings. The van der Waals surface area contributed by atoms with Crippen molar-refractivity contribution >= 4 is 5.82 Å². The highest BCUT2D eigenvalue weighted by atomic mass is 19.1. The van der Waals surface area contributed by atoms with Crippen LogP contribution in [0.1, 0.15) is 11.1 Å². The first-order chi connectivity index (χ1) is 8.69. The predicted octanol–water partition coefficient (Wildman–Crippen LogP) is 2.73. The Bertz CT molecular complexity index is 555. The van der Waals surface area contributed by atoms with Crippen LogP contribution in [-0.2, 0) is 6.54 Å². The second kappa shape index (κ2) is 5.28. The molecule has 0 atom stereocenters. The van der Waals surface area contributed by atoms with Crippen molar-refractivity contribution in [2.24, 2.45) is 0 Å². The van der Waals surface area contributed by atoms with E-state index in [1.54, 1.807) is 24.3 Å². The van der Waals surface area contributed by atoms with Crippen LogP contribution in [-0.4, -0.2) is 12.0 Å². The lowest BCUT2D eigenvalue weighted by Crippen LogP contribution is -2.17. The largest absolute Gasteiger partial charge is 0.355 e. The van der Waals surface area contributed by atoms with E-state index in [0.717, 1.165) is 11.4 Å². The Balaban J connectivity index is 2.09. The van der Waals surface area contributed by atoms with Crippen molar-refractivity contribution in [2.75, 3.05) is 11.9 Å². The Labute approximate surface area is 105 Å². The SMILES string of the molecule is CN(Cc1ccc(F)cc1)c1ccc(C#N)cn1. The van der Waals surface area contributed by atoms with E-state index in [-0.39, 0.29) is 5.82 Å². The summed E-state index contributed by atoms with van der Waals surface area (Å²) >= 11 is 0. The second-order valence-corrected chi connectivity index (χ2v) is 4.00. The van der Waals surface area contributed by atoms with Gasteiger partial charge < -0.3 is 4.90 Å². The average Bonchev–Trinajstić information content (AvgIpc) is 2.41. The minimum atomic E-state index is -0.238. The summed E-state index contributed by atoms with van der Waals surface area (Å²) in [6.07, 6.45) is 1.54. The Kier molecular flexibility index (Phi) is 3.54. The van der Waals surface area contributed by atoms with Crippen LogP contribution in [0.25, 0.3) is 0 Å². The molecule has 0 radical (unpaired) electrons. The summed E-state index contributed by atoms with van der Waals surface area (Å²) in [4.78, 5) is 6.13. The lowest BCUT2D eigenvalue weighted by molar-refractivity contribution is 0.627. The monoisotopic (exact) mass is 241 g/mol. The fraction of sp³-hybridized carbons (Fsp3) is 0.143. The first-order valence-corrected chi connectivity index (χ1v) is 5.51. The van der Waals surface area contributed by atoms with Crippen LogP contribution in [0.3, 0.4) is 0 Å². The van der Waals surface area contributed by atoms with E-state index in [9.17, 15) is 4.39 Å². The van der Waals surface area contributed by atoms with Crippen LogP contribution in [0.15, 0.2) is 42.6 Å². The molecule has 0 unspecified atom stereocenters. The molecule has 1 heterocycles. The summed E-state index contributed by atoms with van der Waals surface area (Å²) in [6.45, 7) is 0.638. The van der Waals surface area contributed by atoms with Crippen molar-refractivity contribution in [1.82, 2.24) is 4.98 Å². The van der Waals surface area contributed by atoms with Gasteiger partial charge in [0, 0.05) is 19.8 Å². The van der Waals surface area contributed by atoms with Gasteiger partial charge in [-0.25, -0.2) is 9.37 Å². The van der Waals surface area contributed by atoms with Crippen LogP contribution >= 0.6 is 0 Å². The molecule has 1 aromatic heterocycles. The molecule has 4 heteroatoms. The number of rotatable bonds is 3. The molecule has 0 N–H and O–H groups in total. The van der Waals surface area contributed by atoms with E-state index in [1.165, 1.54) is 18.3 Å². The molecule has 0 spiro atoms. The number of benzene rings is 1. The van der Waals surface area contributed by atoms with Gasteiger partial charge in [0.05, 0.1) is 5.56 Å². The minimum absolute atomic E-state index is 0.238. The molecule has 0 bridgehead atoms. The van der Waals surface area contributed by atoms with Gasteiger partial charge >= 0.3 is 0 Å². The van der Waals surface area contributed by atoms with Crippen LogP contribution < -0.4 is 4.90 Å². The summed E-state index contributed by atoms with van der Waals surface area (Å²) in [5.74, 6) is 0.538. The number of pyridine rings is 1. The number of hydrogen-bond donors (Lipinski definition) is 0. The van der Waals surface area contributed by atoms with Crippen molar-refractivity contribution in [1.29, 1.82) is 5.26 Å². The summed E-state index contributed by atoms with van der Waals surface area (Å²) in [5, 5.41) is 8.69. The molecule has 0 fully saturated rings. The first-order valence-electron chi connectivity index (χ1n) is 5.51. The maximum atomic E-state index is 12.8. The van der Waals surface area contributed by atoms with Gasteiger partial charge in [0.25, 0.3) is 0 Å². The van der Waals surface area contributed by atoms with Gasteiger partial charge in [-0.2, -0.15) is 5.26 Å². The topological polar surface area (TPSA) is 39.9 Å². The Morgan fingerprint density at radius 1 is 1.22 bits per heavy atom. The van der Waals surface area contributed by atoms with Crippen molar-refractivity contribution < 1.29 is 4.39 Å². The van der Waals surface area contributed by atoms with E-state index in [0.29, 0.717) is 12.1 Å². The number of hydrogen-bond acceptors (Lipinski definition) is 3. The number of nitriles is 1. The summed E-state index contributed by atoms with van der Waals surface area (Å²) < 4.78 is 12.8. The first kappa shape index (κ1) is 12.1. The molecule has 90 valence electrons. The Morgan fingerprint density at radius 3 is 2.50 bits per heavy atom. The van der Waals surface area contributed by atoms with Crippen LogP contribution in [0.4, 0.5) is 10.2 Å². The molecule has 0 aliphatic heterocycles. The fourth-order valence-corrected chi connectivity index (χ4v) is 1.62. The molecule has 0 saturated heterocycles. The highest BCUT2D eigenvalue weighted by Gasteiger charge is 2.03. The molecular formula is C14H12FN3. The van der Waals surface area contributed by atoms with Crippen LogP contribution in [0.2, 0.25) is 0 Å². The normalized spacial score (nSPS) is 9.83. The number of nitrogens with zero attached hydrogens (tertiary/aromatic N) is 3. The average molecular weight is 241 g/mol. The van der Waals surface area contributed by atoms with E-state index < -0.39 is 0 Å². The molecular weight excluding hydrogens is 229 g/mol. The second-order valence-electron chi connectivity index (χ2n) is 4.00. The predicted molar refractivity (Wildman–Crippen MR) is 67.5 cm³/mol. The smallest absolute Gasteiger partial charge is 0.128 e. The van der Waals surface area contributed by atoms with Crippen molar-refractivity contribution in [2.45, 2.75) is 6.54 Å². The van der Waals surface area contributed by atoms with Crippen molar-refractivity contribution in [3.63, 3.8) is 0 Å². The zero-order valence-corrected chi connectivity index (χ0v) is 9.97. The minimum Gasteiger partial charge on any atom is -0.355 e. The number of halogens is 1. The van der Waals surface area contributed by atoms with Gasteiger partial charge in [-0.3, -0.25) is 0 Å². The van der Waals surface area contributed by atoms with Gasteiger partial charge in [-0.1, -0.05) is 12.1 Å². The number of anilines is 1. The van der Waals surface area contributed by atoms with Crippen molar-refractivity contribution in [3.8, 4) is 6.07 Å². The van der Waals surface area contributed by atoms with Crippen LogP contribution in [0, 0.1) is 17.1 Å². The molecule has 0 amide bonds. The molecule has 1 aromatic carbocycles. The molecule has 2 rings (SSSR count). The van der Waals surface area contributed by atoms with Gasteiger partial charge in [0.15, 0.2) is 0 Å². The third-order valence-electron chi connectivity index (χ3n) is 2.60. The zero-order valence-electron chi connectivity index (χ0n) is 9.97. The molecule has 0 aliphatic carbocycles. The fourth-order valence-electron chi connectivity index (χ4n) is 1.62. The number of aromatic nitrogens is 1. The quantitative estimate of drug-likeness (QED) is 0.829. The van der Waals surface area contributed by atoms with E-state index >= 15 is 0 Å². The third-order valence-corrected chi connectivity index (χ3v) is 2.60. The van der Waals surface area contributed by atoms with Gasteiger partial charge in [0.1, 0.15) is 17.7 Å². The highest BCUT2D eigenvalue weighted by Crippen LogP contribution is 2.13. The van der Waals surface area contributed by atoms with E-state index in [1.807, 2.05) is 18.0 Å². The Morgan fingerprint density at radius 2 is 1.94 bits per heavy atom. The maximum Gasteiger partial charge on any atom is 0.128 e. The lowest BCUT2D eigenvalue weighted by Gasteiger charge is -2.18. The van der Waals surface area contributed by atoms with E-state index in [2.05, 4.69) is 4.98 Å².